The molecule has 0 aromatic heterocycles. The third-order valence-corrected chi connectivity index (χ3v) is 8.26. The van der Waals surface area contributed by atoms with E-state index < -0.39 is 57.6 Å². The van der Waals surface area contributed by atoms with Gasteiger partial charge in [0.15, 0.2) is 6.04 Å². The van der Waals surface area contributed by atoms with E-state index in [0.717, 1.165) is 64.2 Å². The highest BCUT2D eigenvalue weighted by molar-refractivity contribution is 7.47. The van der Waals surface area contributed by atoms with Crippen molar-refractivity contribution in [2.75, 3.05) is 19.8 Å². The average molecular weight is 664 g/mol. The summed E-state index contributed by atoms with van der Waals surface area (Å²) in [5.74, 6) is -2.40. The Morgan fingerprint density at radius 2 is 1.16 bits per heavy atom. The summed E-state index contributed by atoms with van der Waals surface area (Å²) in [5.41, 5.74) is 0. The molecule has 0 spiro atoms. The number of carbonyl (C=O) groups is 3. The molecule has 12 heteroatoms. The predicted octanol–water partition coefficient (Wildman–Crippen LogP) is 7.38. The molecule has 4 N–H and O–H groups in total. The highest BCUT2D eigenvalue weighted by Crippen LogP contribution is 2.43. The van der Waals surface area contributed by atoms with Crippen LogP contribution >= 0.6 is 7.82 Å². The third-order valence-electron chi connectivity index (χ3n) is 7.30. The van der Waals surface area contributed by atoms with Crippen molar-refractivity contribution in [3.05, 3.63) is 12.2 Å². The number of rotatable bonds is 32. The van der Waals surface area contributed by atoms with Crippen molar-refractivity contribution < 1.29 is 47.8 Å². The minimum absolute atomic E-state index is 0.142. The maximum atomic E-state index is 12.1. The number of unbranched alkanes of at least 4 members (excludes halogenated alkanes) is 16. The van der Waals surface area contributed by atoms with Crippen LogP contribution in [0.2, 0.25) is 0 Å². The molecule has 0 rings (SSSR count). The lowest BCUT2D eigenvalue weighted by molar-refractivity contribution is -0.147. The van der Waals surface area contributed by atoms with Crippen LogP contribution in [-0.4, -0.2) is 64.9 Å². The molecule has 0 heterocycles. The first kappa shape index (κ1) is 43.2. The Hall–Kier alpha value is -1.78. The van der Waals surface area contributed by atoms with Crippen molar-refractivity contribution in [2.45, 2.75) is 161 Å². The first-order valence-electron chi connectivity index (χ1n) is 17.2. The standard InChI is InChI=1S/C33H62NO10P/c1-3-5-7-9-10-11-12-13-14-15-16-17-18-19-21-23-25-32(37)42-26-29(35)27-43-45(40,41)44-28-30(33(38)39)34-31(36)24-22-20-8-6-4-2/h14-15,29-30,35H,3-13,16-28H2,1-2H3,(H,34,36)(H,38,39)(H,40,41)/b15-14-. The molecular formula is C33H62NO10P. The smallest absolute Gasteiger partial charge is 0.472 e. The fourth-order valence-electron chi connectivity index (χ4n) is 4.54. The van der Waals surface area contributed by atoms with Gasteiger partial charge in [0.1, 0.15) is 12.7 Å². The Labute approximate surface area is 271 Å². The molecule has 0 fully saturated rings. The number of carboxylic acids is 1. The second-order valence-corrected chi connectivity index (χ2v) is 13.2. The molecule has 0 saturated heterocycles. The van der Waals surface area contributed by atoms with Gasteiger partial charge in [-0.1, -0.05) is 109 Å². The fourth-order valence-corrected chi connectivity index (χ4v) is 5.32. The van der Waals surface area contributed by atoms with Gasteiger partial charge in [0.25, 0.3) is 0 Å². The monoisotopic (exact) mass is 663 g/mol. The molecule has 45 heavy (non-hydrogen) atoms. The second kappa shape index (κ2) is 29.6. The average Bonchev–Trinajstić information content (AvgIpc) is 3.00. The van der Waals surface area contributed by atoms with Gasteiger partial charge in [0, 0.05) is 12.8 Å². The number of amides is 1. The van der Waals surface area contributed by atoms with E-state index in [1.54, 1.807) is 0 Å². The van der Waals surface area contributed by atoms with E-state index in [1.807, 2.05) is 0 Å². The number of hydrogen-bond acceptors (Lipinski definition) is 8. The highest BCUT2D eigenvalue weighted by atomic mass is 31.2. The van der Waals surface area contributed by atoms with Crippen molar-refractivity contribution in [3.63, 3.8) is 0 Å². The van der Waals surface area contributed by atoms with Crippen LogP contribution in [0.1, 0.15) is 149 Å². The summed E-state index contributed by atoms with van der Waals surface area (Å²) in [5, 5.41) is 21.5. The summed E-state index contributed by atoms with van der Waals surface area (Å²) in [7, 11) is -4.73. The van der Waals surface area contributed by atoms with Gasteiger partial charge < -0.3 is 25.2 Å². The van der Waals surface area contributed by atoms with Gasteiger partial charge in [-0.25, -0.2) is 9.36 Å². The van der Waals surface area contributed by atoms with Gasteiger partial charge >= 0.3 is 19.8 Å². The summed E-state index contributed by atoms with van der Waals surface area (Å²) in [4.78, 5) is 45.2. The van der Waals surface area contributed by atoms with Crippen LogP contribution in [0.3, 0.4) is 0 Å². The molecule has 3 atom stereocenters. The van der Waals surface area contributed by atoms with E-state index in [0.29, 0.717) is 12.8 Å². The van der Waals surface area contributed by atoms with E-state index in [4.69, 9.17) is 13.8 Å². The minimum Gasteiger partial charge on any atom is -0.480 e. The topological polar surface area (TPSA) is 169 Å². The van der Waals surface area contributed by atoms with Gasteiger partial charge in [-0.05, 0) is 38.5 Å². The van der Waals surface area contributed by atoms with E-state index in [-0.39, 0.29) is 12.8 Å². The molecule has 0 aromatic carbocycles. The number of carbonyl (C=O) groups excluding carboxylic acids is 2. The van der Waals surface area contributed by atoms with Crippen LogP contribution in [0.5, 0.6) is 0 Å². The number of hydrogen-bond donors (Lipinski definition) is 4. The maximum absolute atomic E-state index is 12.1. The van der Waals surface area contributed by atoms with Crippen LogP contribution in [-0.2, 0) is 32.7 Å². The van der Waals surface area contributed by atoms with Crippen molar-refractivity contribution in [3.8, 4) is 0 Å². The predicted molar refractivity (Wildman–Crippen MR) is 176 cm³/mol. The highest BCUT2D eigenvalue weighted by Gasteiger charge is 2.28. The number of nitrogens with one attached hydrogen (secondary N) is 1. The van der Waals surface area contributed by atoms with Gasteiger partial charge in [-0.2, -0.15) is 0 Å². The largest absolute Gasteiger partial charge is 0.480 e. The Morgan fingerprint density at radius 1 is 0.689 bits per heavy atom. The molecule has 0 saturated carbocycles. The molecule has 0 aromatic rings. The number of phosphoric acid groups is 1. The molecule has 0 aliphatic heterocycles. The van der Waals surface area contributed by atoms with E-state index in [9.17, 15) is 34.1 Å². The quantitative estimate of drug-likeness (QED) is 0.0247. The lowest BCUT2D eigenvalue weighted by Crippen LogP contribution is -2.43. The Balaban J connectivity index is 3.91. The first-order chi connectivity index (χ1) is 21.6. The minimum atomic E-state index is -4.73. The summed E-state index contributed by atoms with van der Waals surface area (Å²) < 4.78 is 26.5. The van der Waals surface area contributed by atoms with Crippen LogP contribution < -0.4 is 5.32 Å². The molecule has 264 valence electrons. The number of aliphatic carboxylic acids is 1. The summed E-state index contributed by atoms with van der Waals surface area (Å²) in [6.07, 6.45) is 24.5. The summed E-state index contributed by atoms with van der Waals surface area (Å²) in [6, 6.07) is -1.54. The number of carboxylic acid groups (broad SMARTS) is 1. The van der Waals surface area contributed by atoms with Crippen molar-refractivity contribution >= 4 is 25.7 Å². The molecule has 0 bridgehead atoms. The molecule has 11 nitrogen and oxygen atoms in total. The van der Waals surface area contributed by atoms with Crippen LogP contribution in [0.15, 0.2) is 12.2 Å². The van der Waals surface area contributed by atoms with Crippen molar-refractivity contribution in [1.82, 2.24) is 5.32 Å². The summed E-state index contributed by atoms with van der Waals surface area (Å²) in [6.45, 7) is 2.42. The Morgan fingerprint density at radius 3 is 1.69 bits per heavy atom. The maximum Gasteiger partial charge on any atom is 0.472 e. The van der Waals surface area contributed by atoms with E-state index in [1.165, 1.54) is 44.9 Å². The van der Waals surface area contributed by atoms with Gasteiger partial charge in [-0.3, -0.25) is 18.6 Å². The molecule has 0 aliphatic carbocycles. The zero-order valence-electron chi connectivity index (χ0n) is 27.9. The molecular weight excluding hydrogens is 601 g/mol. The van der Waals surface area contributed by atoms with E-state index in [2.05, 4.69) is 31.3 Å². The fraction of sp³-hybridized carbons (Fsp3) is 0.848. The van der Waals surface area contributed by atoms with Crippen molar-refractivity contribution in [2.24, 2.45) is 0 Å². The SMILES string of the molecule is CCCCCCCCC/C=C\CCCCCCCC(=O)OCC(O)COP(=O)(O)OCC(NC(=O)CCCCCCC)C(=O)O. The Bertz CT molecular complexity index is 838. The Kier molecular flexibility index (Phi) is 28.4. The van der Waals surface area contributed by atoms with Crippen LogP contribution in [0.4, 0.5) is 0 Å². The molecule has 0 aliphatic rings. The van der Waals surface area contributed by atoms with Gasteiger partial charge in [0.2, 0.25) is 5.91 Å². The van der Waals surface area contributed by atoms with Crippen LogP contribution in [0, 0.1) is 0 Å². The number of aliphatic hydroxyl groups is 1. The number of aliphatic hydroxyl groups excluding tert-OH is 1. The van der Waals surface area contributed by atoms with Gasteiger partial charge in [-0.15, -0.1) is 0 Å². The zero-order valence-corrected chi connectivity index (χ0v) is 28.8. The van der Waals surface area contributed by atoms with Crippen molar-refractivity contribution in [1.29, 1.82) is 0 Å². The molecule has 1 amide bonds. The lowest BCUT2D eigenvalue weighted by atomic mass is 10.1. The summed E-state index contributed by atoms with van der Waals surface area (Å²) >= 11 is 0. The first-order valence-corrected chi connectivity index (χ1v) is 18.7. The number of phosphoric ester groups is 1. The lowest BCUT2D eigenvalue weighted by Gasteiger charge is -2.18. The van der Waals surface area contributed by atoms with Crippen LogP contribution in [0.25, 0.3) is 0 Å². The second-order valence-electron chi connectivity index (χ2n) is 11.7. The number of ether oxygens (including phenoxy) is 1. The zero-order chi connectivity index (χ0) is 33.6. The molecule has 0 radical (unpaired) electrons. The number of esters is 1. The third kappa shape index (κ3) is 29.4. The number of allylic oxidation sites excluding steroid dienone is 2. The van der Waals surface area contributed by atoms with E-state index >= 15 is 0 Å². The van der Waals surface area contributed by atoms with Gasteiger partial charge in [0.05, 0.1) is 13.2 Å². The molecule has 3 unspecified atom stereocenters. The normalized spacial score (nSPS) is 14.2.